The molecule has 0 radical (unpaired) electrons. The van der Waals surface area contributed by atoms with Crippen LogP contribution in [0.5, 0.6) is 0 Å². The molecule has 0 bridgehead atoms. The Morgan fingerprint density at radius 2 is 1.80 bits per heavy atom. The summed E-state index contributed by atoms with van der Waals surface area (Å²) in [6, 6.07) is 10.7. The zero-order valence-corrected chi connectivity index (χ0v) is 13.5. The van der Waals surface area contributed by atoms with Gasteiger partial charge in [0.05, 0.1) is 6.26 Å². The van der Waals surface area contributed by atoms with E-state index in [4.69, 9.17) is 10.2 Å². The second-order valence-corrected chi connectivity index (χ2v) is 7.19. The summed E-state index contributed by atoms with van der Waals surface area (Å²) >= 11 is 1.75. The first-order chi connectivity index (χ1) is 9.38. The van der Waals surface area contributed by atoms with Crippen molar-refractivity contribution >= 4 is 11.8 Å². The molecule has 2 N–H and O–H groups in total. The molecule has 0 saturated carbocycles. The summed E-state index contributed by atoms with van der Waals surface area (Å²) in [7, 11) is 0. The average molecular weight is 289 g/mol. The van der Waals surface area contributed by atoms with Crippen LogP contribution in [-0.4, -0.2) is 5.75 Å². The largest absolute Gasteiger partial charge is 0.468 e. The van der Waals surface area contributed by atoms with Gasteiger partial charge in [0, 0.05) is 16.7 Å². The third kappa shape index (κ3) is 3.68. The van der Waals surface area contributed by atoms with E-state index in [1.165, 1.54) is 16.0 Å². The van der Waals surface area contributed by atoms with Gasteiger partial charge in [-0.05, 0) is 29.5 Å². The minimum Gasteiger partial charge on any atom is -0.468 e. The van der Waals surface area contributed by atoms with Crippen LogP contribution in [0.15, 0.2) is 45.9 Å². The van der Waals surface area contributed by atoms with Crippen LogP contribution in [0.25, 0.3) is 0 Å². The molecule has 2 aromatic rings. The summed E-state index contributed by atoms with van der Waals surface area (Å²) in [6.45, 7) is 8.64. The lowest BCUT2D eigenvalue weighted by molar-refractivity contribution is 0.527. The molecule has 3 heteroatoms. The van der Waals surface area contributed by atoms with Gasteiger partial charge in [0.15, 0.2) is 0 Å². The summed E-state index contributed by atoms with van der Waals surface area (Å²) in [5, 5.41) is 0. The molecule has 20 heavy (non-hydrogen) atoms. The molecular weight excluding hydrogens is 266 g/mol. The highest BCUT2D eigenvalue weighted by atomic mass is 32.2. The van der Waals surface area contributed by atoms with Crippen molar-refractivity contribution in [3.05, 3.63) is 53.5 Å². The maximum Gasteiger partial charge on any atom is 0.114 e. The molecule has 108 valence electrons. The summed E-state index contributed by atoms with van der Waals surface area (Å²) in [6.07, 6.45) is 1.72. The van der Waals surface area contributed by atoms with Crippen molar-refractivity contribution in [2.75, 3.05) is 5.75 Å². The minimum atomic E-state index is 0.0447. The van der Waals surface area contributed by atoms with Gasteiger partial charge in [0.25, 0.3) is 0 Å². The van der Waals surface area contributed by atoms with Crippen LogP contribution in [0.3, 0.4) is 0 Å². The highest BCUT2D eigenvalue weighted by Crippen LogP contribution is 2.28. The SMILES string of the molecule is Cc1occc1SCC(N)c1ccc(C(C)(C)C)cc1. The molecule has 0 spiro atoms. The number of thioether (sulfide) groups is 1. The number of benzene rings is 1. The van der Waals surface area contributed by atoms with E-state index in [-0.39, 0.29) is 11.5 Å². The summed E-state index contributed by atoms with van der Waals surface area (Å²) < 4.78 is 5.29. The van der Waals surface area contributed by atoms with Crippen LogP contribution >= 0.6 is 11.8 Å². The average Bonchev–Trinajstić information content (AvgIpc) is 2.81. The highest BCUT2D eigenvalue weighted by molar-refractivity contribution is 7.99. The molecule has 0 aliphatic carbocycles. The van der Waals surface area contributed by atoms with Crippen LogP contribution in [0.2, 0.25) is 0 Å². The Kier molecular flexibility index (Phi) is 4.61. The van der Waals surface area contributed by atoms with Gasteiger partial charge in [-0.25, -0.2) is 0 Å². The molecule has 1 unspecified atom stereocenters. The molecule has 0 saturated heterocycles. The number of rotatable bonds is 4. The van der Waals surface area contributed by atoms with Crippen molar-refractivity contribution in [2.45, 2.75) is 44.0 Å². The van der Waals surface area contributed by atoms with Crippen LogP contribution < -0.4 is 5.73 Å². The van der Waals surface area contributed by atoms with Crippen LogP contribution in [-0.2, 0) is 5.41 Å². The van der Waals surface area contributed by atoms with Gasteiger partial charge in [0.2, 0.25) is 0 Å². The van der Waals surface area contributed by atoms with E-state index in [1.54, 1.807) is 18.0 Å². The van der Waals surface area contributed by atoms with Crippen molar-refractivity contribution in [1.29, 1.82) is 0 Å². The summed E-state index contributed by atoms with van der Waals surface area (Å²) in [5.41, 5.74) is 8.98. The number of nitrogens with two attached hydrogens (primary N) is 1. The van der Waals surface area contributed by atoms with E-state index in [0.29, 0.717) is 0 Å². The Morgan fingerprint density at radius 3 is 2.30 bits per heavy atom. The van der Waals surface area contributed by atoms with E-state index in [2.05, 4.69) is 45.0 Å². The monoisotopic (exact) mass is 289 g/mol. The topological polar surface area (TPSA) is 39.2 Å². The van der Waals surface area contributed by atoms with Crippen LogP contribution in [0, 0.1) is 6.92 Å². The minimum absolute atomic E-state index is 0.0447. The first-order valence-corrected chi connectivity index (χ1v) is 7.89. The Labute approximate surface area is 125 Å². The lowest BCUT2D eigenvalue weighted by atomic mass is 9.86. The molecule has 1 atom stereocenters. The molecular formula is C17H23NOS. The van der Waals surface area contributed by atoms with Crippen molar-refractivity contribution in [1.82, 2.24) is 0 Å². The van der Waals surface area contributed by atoms with Gasteiger partial charge in [-0.2, -0.15) is 0 Å². The molecule has 0 amide bonds. The normalized spacial score (nSPS) is 13.4. The smallest absolute Gasteiger partial charge is 0.114 e. The standard InChI is InChI=1S/C17H23NOS/c1-12-16(9-10-19-12)20-11-15(18)13-5-7-14(8-6-13)17(2,3)4/h5-10,15H,11,18H2,1-4H3. The highest BCUT2D eigenvalue weighted by Gasteiger charge is 2.14. The third-order valence-electron chi connectivity index (χ3n) is 3.43. The lowest BCUT2D eigenvalue weighted by Crippen LogP contribution is -2.15. The Hall–Kier alpha value is -1.19. The maximum absolute atomic E-state index is 6.27. The fourth-order valence-corrected chi connectivity index (χ4v) is 2.98. The maximum atomic E-state index is 6.27. The first kappa shape index (κ1) is 15.2. The summed E-state index contributed by atoms with van der Waals surface area (Å²) in [4.78, 5) is 1.17. The Morgan fingerprint density at radius 1 is 1.15 bits per heavy atom. The molecule has 0 aliphatic rings. The van der Waals surface area contributed by atoms with Gasteiger partial charge in [-0.1, -0.05) is 45.0 Å². The molecule has 2 rings (SSSR count). The van der Waals surface area contributed by atoms with Gasteiger partial charge in [-0.3, -0.25) is 0 Å². The quantitative estimate of drug-likeness (QED) is 0.831. The van der Waals surface area contributed by atoms with Crippen molar-refractivity contribution in [2.24, 2.45) is 5.73 Å². The predicted octanol–water partition coefficient (Wildman–Crippen LogP) is 4.68. The number of hydrogen-bond acceptors (Lipinski definition) is 3. The van der Waals surface area contributed by atoms with Crippen molar-refractivity contribution < 1.29 is 4.42 Å². The second-order valence-electron chi connectivity index (χ2n) is 6.13. The number of hydrogen-bond donors (Lipinski definition) is 1. The molecule has 2 nitrogen and oxygen atoms in total. The Bertz CT molecular complexity index is 551. The van der Waals surface area contributed by atoms with E-state index in [1.807, 2.05) is 13.0 Å². The van der Waals surface area contributed by atoms with E-state index < -0.39 is 0 Å². The summed E-state index contributed by atoms with van der Waals surface area (Å²) in [5.74, 6) is 1.82. The van der Waals surface area contributed by atoms with E-state index in [9.17, 15) is 0 Å². The van der Waals surface area contributed by atoms with Crippen molar-refractivity contribution in [3.8, 4) is 0 Å². The lowest BCUT2D eigenvalue weighted by Gasteiger charge is -2.20. The fourth-order valence-electron chi connectivity index (χ4n) is 2.03. The molecule has 0 aliphatic heterocycles. The third-order valence-corrected chi connectivity index (χ3v) is 4.69. The molecule has 1 aromatic heterocycles. The zero-order valence-electron chi connectivity index (χ0n) is 12.6. The molecule has 1 aromatic carbocycles. The Balaban J connectivity index is 1.99. The van der Waals surface area contributed by atoms with Gasteiger partial charge in [0.1, 0.15) is 5.76 Å². The van der Waals surface area contributed by atoms with Gasteiger partial charge < -0.3 is 10.2 Å². The predicted molar refractivity (Wildman–Crippen MR) is 86.2 cm³/mol. The van der Waals surface area contributed by atoms with Crippen LogP contribution in [0.4, 0.5) is 0 Å². The van der Waals surface area contributed by atoms with Gasteiger partial charge in [-0.15, -0.1) is 11.8 Å². The molecule has 0 fully saturated rings. The second kappa shape index (κ2) is 6.06. The molecule has 1 heterocycles. The van der Waals surface area contributed by atoms with E-state index >= 15 is 0 Å². The number of furan rings is 1. The first-order valence-electron chi connectivity index (χ1n) is 6.91. The van der Waals surface area contributed by atoms with Crippen LogP contribution in [0.1, 0.15) is 43.7 Å². The van der Waals surface area contributed by atoms with Crippen molar-refractivity contribution in [3.63, 3.8) is 0 Å². The van der Waals surface area contributed by atoms with E-state index in [0.717, 1.165) is 11.5 Å². The fraction of sp³-hybridized carbons (Fsp3) is 0.412. The zero-order chi connectivity index (χ0) is 14.8. The number of aryl methyl sites for hydroxylation is 1. The van der Waals surface area contributed by atoms with Gasteiger partial charge >= 0.3 is 0 Å².